The summed E-state index contributed by atoms with van der Waals surface area (Å²) in [6.07, 6.45) is 1.26. The van der Waals surface area contributed by atoms with Crippen molar-refractivity contribution in [2.75, 3.05) is 16.8 Å². The quantitative estimate of drug-likeness (QED) is 0.306. The van der Waals surface area contributed by atoms with Gasteiger partial charge in [-0.3, -0.25) is 19.7 Å². The highest BCUT2D eigenvalue weighted by Crippen LogP contribution is 2.31. The maximum absolute atomic E-state index is 13.3. The Balaban J connectivity index is 1.59. The van der Waals surface area contributed by atoms with E-state index in [1.54, 1.807) is 37.3 Å². The van der Waals surface area contributed by atoms with Crippen LogP contribution in [0.4, 0.5) is 16.2 Å². The predicted octanol–water partition coefficient (Wildman–Crippen LogP) is 5.60. The highest BCUT2D eigenvalue weighted by molar-refractivity contribution is 6.40. The third-order valence-electron chi connectivity index (χ3n) is 6.00. The Labute approximate surface area is 229 Å². The zero-order chi connectivity index (χ0) is 27.6. The van der Waals surface area contributed by atoms with Gasteiger partial charge in [0.05, 0.1) is 5.69 Å². The summed E-state index contributed by atoms with van der Waals surface area (Å²) in [6.45, 7) is 5.24. The average Bonchev–Trinajstić information content (AvgIpc) is 2.86. The van der Waals surface area contributed by atoms with Gasteiger partial charge in [0, 0.05) is 21.3 Å². The van der Waals surface area contributed by atoms with Crippen molar-refractivity contribution in [2.24, 2.45) is 0 Å². The molecule has 0 atom stereocenters. The van der Waals surface area contributed by atoms with Crippen molar-refractivity contribution in [1.82, 2.24) is 5.32 Å². The molecular formula is C28H23Cl2N3O5. The van der Waals surface area contributed by atoms with Gasteiger partial charge in [0.2, 0.25) is 0 Å². The molecule has 0 bridgehead atoms. The van der Waals surface area contributed by atoms with Gasteiger partial charge in [-0.15, -0.1) is 0 Å². The van der Waals surface area contributed by atoms with Crippen LogP contribution in [0.15, 0.2) is 60.2 Å². The van der Waals surface area contributed by atoms with Crippen molar-refractivity contribution in [3.63, 3.8) is 0 Å². The molecule has 0 radical (unpaired) electrons. The van der Waals surface area contributed by atoms with E-state index in [1.807, 2.05) is 26.0 Å². The lowest BCUT2D eigenvalue weighted by Crippen LogP contribution is -2.54. The number of hydrogen-bond acceptors (Lipinski definition) is 5. The maximum Gasteiger partial charge on any atom is 0.335 e. The molecule has 10 heteroatoms. The first-order valence-electron chi connectivity index (χ1n) is 11.5. The van der Waals surface area contributed by atoms with Crippen molar-refractivity contribution in [3.8, 4) is 5.75 Å². The summed E-state index contributed by atoms with van der Waals surface area (Å²) in [6, 6.07) is 14.0. The third-order valence-corrected chi connectivity index (χ3v) is 6.65. The van der Waals surface area contributed by atoms with E-state index in [1.165, 1.54) is 18.2 Å². The number of carbonyl (C=O) groups excluding carboxylic acids is 4. The summed E-state index contributed by atoms with van der Waals surface area (Å²) < 4.78 is 5.70. The second-order valence-corrected chi connectivity index (χ2v) is 9.50. The van der Waals surface area contributed by atoms with Crippen molar-refractivity contribution in [2.45, 2.75) is 20.8 Å². The average molecular weight is 552 g/mol. The summed E-state index contributed by atoms with van der Waals surface area (Å²) in [4.78, 5) is 51.9. The van der Waals surface area contributed by atoms with Gasteiger partial charge in [0.1, 0.15) is 11.3 Å². The van der Waals surface area contributed by atoms with Gasteiger partial charge in [0.15, 0.2) is 6.61 Å². The van der Waals surface area contributed by atoms with Crippen molar-refractivity contribution >= 4 is 64.4 Å². The van der Waals surface area contributed by atoms with Crippen LogP contribution in [0.2, 0.25) is 10.0 Å². The predicted molar refractivity (Wildman–Crippen MR) is 147 cm³/mol. The standard InChI is InChI=1S/C28H23Cl2N3O5/c1-15-7-9-20(11-16(15)2)31-25(34)14-38-24-10-8-19(29)12-18(24)13-21-26(35)32-28(37)33(27(21)36)23-6-4-5-22(30)17(23)3/h4-13H,14H2,1-3H3,(H,31,34)(H,32,35,37)/b21-13-. The molecular weight excluding hydrogens is 529 g/mol. The number of urea groups is 1. The number of imide groups is 2. The van der Waals surface area contributed by atoms with Crippen LogP contribution in [0.1, 0.15) is 22.3 Å². The summed E-state index contributed by atoms with van der Waals surface area (Å²) in [5, 5.41) is 5.61. The molecule has 3 aromatic carbocycles. The topological polar surface area (TPSA) is 105 Å². The van der Waals surface area contributed by atoms with Gasteiger partial charge >= 0.3 is 6.03 Å². The number of carbonyl (C=O) groups is 4. The van der Waals surface area contributed by atoms with Crippen LogP contribution >= 0.6 is 23.2 Å². The molecule has 4 rings (SSSR count). The molecule has 0 saturated carbocycles. The van der Waals surface area contributed by atoms with E-state index in [2.05, 4.69) is 10.6 Å². The second-order valence-electron chi connectivity index (χ2n) is 8.66. The molecule has 194 valence electrons. The Kier molecular flexibility index (Phi) is 7.85. The smallest absolute Gasteiger partial charge is 0.335 e. The first kappa shape index (κ1) is 26.9. The van der Waals surface area contributed by atoms with E-state index in [-0.39, 0.29) is 29.2 Å². The SMILES string of the molecule is Cc1ccc(NC(=O)COc2ccc(Cl)cc2/C=C2/C(=O)NC(=O)N(c3cccc(Cl)c3C)C2=O)cc1C. The minimum absolute atomic E-state index is 0.208. The molecule has 1 fully saturated rings. The van der Waals surface area contributed by atoms with Gasteiger partial charge in [0.25, 0.3) is 17.7 Å². The van der Waals surface area contributed by atoms with E-state index in [0.717, 1.165) is 16.0 Å². The molecule has 1 aliphatic rings. The molecule has 2 N–H and O–H groups in total. The monoisotopic (exact) mass is 551 g/mol. The maximum atomic E-state index is 13.3. The normalized spacial score (nSPS) is 14.5. The van der Waals surface area contributed by atoms with Crippen LogP contribution in [0.3, 0.4) is 0 Å². The Bertz CT molecular complexity index is 1520. The highest BCUT2D eigenvalue weighted by Gasteiger charge is 2.37. The van der Waals surface area contributed by atoms with Gasteiger partial charge < -0.3 is 10.1 Å². The molecule has 3 aromatic rings. The minimum Gasteiger partial charge on any atom is -0.483 e. The van der Waals surface area contributed by atoms with E-state index < -0.39 is 23.8 Å². The number of nitrogens with zero attached hydrogens (tertiary/aromatic N) is 1. The van der Waals surface area contributed by atoms with Crippen LogP contribution in [-0.4, -0.2) is 30.4 Å². The lowest BCUT2D eigenvalue weighted by molar-refractivity contribution is -0.122. The van der Waals surface area contributed by atoms with Crippen LogP contribution in [-0.2, 0) is 14.4 Å². The van der Waals surface area contributed by atoms with Crippen molar-refractivity contribution in [1.29, 1.82) is 0 Å². The minimum atomic E-state index is -0.895. The number of rotatable bonds is 6. The summed E-state index contributed by atoms with van der Waals surface area (Å²) in [5.41, 5.74) is 3.45. The fraction of sp³-hybridized carbons (Fsp3) is 0.143. The fourth-order valence-electron chi connectivity index (χ4n) is 3.79. The summed E-state index contributed by atoms with van der Waals surface area (Å²) in [7, 11) is 0. The molecule has 1 saturated heterocycles. The number of barbiturate groups is 1. The first-order chi connectivity index (χ1) is 18.0. The van der Waals surface area contributed by atoms with Gasteiger partial charge in [-0.05, 0) is 86.0 Å². The van der Waals surface area contributed by atoms with Crippen LogP contribution in [0.5, 0.6) is 5.75 Å². The first-order valence-corrected chi connectivity index (χ1v) is 12.3. The number of ether oxygens (including phenoxy) is 1. The molecule has 1 aliphatic heterocycles. The van der Waals surface area contributed by atoms with E-state index in [9.17, 15) is 19.2 Å². The van der Waals surface area contributed by atoms with Gasteiger partial charge in [-0.25, -0.2) is 9.69 Å². The number of hydrogen-bond donors (Lipinski definition) is 2. The number of nitrogens with one attached hydrogen (secondary N) is 2. The largest absolute Gasteiger partial charge is 0.483 e. The van der Waals surface area contributed by atoms with Crippen LogP contribution in [0, 0.1) is 20.8 Å². The van der Waals surface area contributed by atoms with Gasteiger partial charge in [-0.1, -0.05) is 35.3 Å². The lowest BCUT2D eigenvalue weighted by atomic mass is 10.0. The zero-order valence-electron chi connectivity index (χ0n) is 20.7. The number of amides is 5. The number of benzene rings is 3. The Morgan fingerprint density at radius 2 is 1.76 bits per heavy atom. The molecule has 0 unspecified atom stereocenters. The molecule has 5 amide bonds. The molecule has 1 heterocycles. The van der Waals surface area contributed by atoms with Crippen LogP contribution < -0.4 is 20.3 Å². The Hall–Kier alpha value is -4.14. The summed E-state index contributed by atoms with van der Waals surface area (Å²) >= 11 is 12.3. The van der Waals surface area contributed by atoms with E-state index >= 15 is 0 Å². The van der Waals surface area contributed by atoms with E-state index in [4.69, 9.17) is 27.9 Å². The van der Waals surface area contributed by atoms with Gasteiger partial charge in [-0.2, -0.15) is 0 Å². The number of halogens is 2. The highest BCUT2D eigenvalue weighted by atomic mass is 35.5. The Morgan fingerprint density at radius 1 is 1.00 bits per heavy atom. The summed E-state index contributed by atoms with van der Waals surface area (Å²) in [5.74, 6) is -1.92. The van der Waals surface area contributed by atoms with Crippen LogP contribution in [0.25, 0.3) is 6.08 Å². The van der Waals surface area contributed by atoms with Crippen molar-refractivity contribution < 1.29 is 23.9 Å². The fourth-order valence-corrected chi connectivity index (χ4v) is 4.14. The lowest BCUT2D eigenvalue weighted by Gasteiger charge is -2.27. The molecule has 0 spiro atoms. The number of aryl methyl sites for hydroxylation is 2. The Morgan fingerprint density at radius 3 is 2.50 bits per heavy atom. The van der Waals surface area contributed by atoms with Crippen molar-refractivity contribution in [3.05, 3.63) is 92.5 Å². The van der Waals surface area contributed by atoms with E-state index in [0.29, 0.717) is 21.3 Å². The molecule has 38 heavy (non-hydrogen) atoms. The third kappa shape index (κ3) is 5.72. The zero-order valence-corrected chi connectivity index (χ0v) is 22.2. The molecule has 8 nitrogen and oxygen atoms in total. The number of anilines is 2. The second kappa shape index (κ2) is 11.1. The molecule has 0 aliphatic carbocycles. The molecule has 0 aromatic heterocycles.